The topological polar surface area (TPSA) is 76.3 Å². The molecule has 2 N–H and O–H groups in total. The van der Waals surface area contributed by atoms with Crippen LogP contribution in [0.15, 0.2) is 24.3 Å². The van der Waals surface area contributed by atoms with Crippen LogP contribution in [0, 0.1) is 0 Å². The van der Waals surface area contributed by atoms with E-state index in [1.807, 2.05) is 24.3 Å². The predicted molar refractivity (Wildman–Crippen MR) is 71.4 cm³/mol. The maximum absolute atomic E-state index is 11.5. The molecule has 1 aliphatic rings. The molecule has 96 valence electrons. The Morgan fingerprint density at radius 2 is 2.17 bits per heavy atom. The first kappa shape index (κ1) is 12.0. The number of rotatable bonds is 2. The number of benzene rings is 1. The second kappa shape index (κ2) is 4.27. The molecule has 0 bridgehead atoms. The SMILES string of the molecule is NS(=O)(=O)N1CCCC1c1nc2ccccc2s1. The Morgan fingerprint density at radius 3 is 2.89 bits per heavy atom. The molecule has 7 heteroatoms. The fourth-order valence-electron chi connectivity index (χ4n) is 2.32. The summed E-state index contributed by atoms with van der Waals surface area (Å²) in [5, 5.41) is 6.07. The molecule has 2 heterocycles. The lowest BCUT2D eigenvalue weighted by molar-refractivity contribution is 0.397. The van der Waals surface area contributed by atoms with Gasteiger partial charge in [0.1, 0.15) is 5.01 Å². The highest BCUT2D eigenvalue weighted by Crippen LogP contribution is 2.37. The molecule has 1 aromatic carbocycles. The fourth-order valence-corrected chi connectivity index (χ4v) is 4.45. The number of hydrogen-bond acceptors (Lipinski definition) is 4. The van der Waals surface area contributed by atoms with Crippen LogP contribution in [0.4, 0.5) is 0 Å². The summed E-state index contributed by atoms with van der Waals surface area (Å²) in [4.78, 5) is 4.52. The summed E-state index contributed by atoms with van der Waals surface area (Å²) in [5.74, 6) is 0. The third kappa shape index (κ3) is 2.03. The molecule has 0 amide bonds. The highest BCUT2D eigenvalue weighted by atomic mass is 32.2. The largest absolute Gasteiger partial charge is 0.277 e. The van der Waals surface area contributed by atoms with Crippen molar-refractivity contribution in [3.05, 3.63) is 29.3 Å². The average Bonchev–Trinajstić information content (AvgIpc) is 2.94. The summed E-state index contributed by atoms with van der Waals surface area (Å²) < 4.78 is 25.5. The van der Waals surface area contributed by atoms with E-state index in [-0.39, 0.29) is 6.04 Å². The van der Waals surface area contributed by atoms with Gasteiger partial charge in [-0.25, -0.2) is 10.1 Å². The van der Waals surface area contributed by atoms with Crippen molar-refractivity contribution in [2.45, 2.75) is 18.9 Å². The molecule has 5 nitrogen and oxygen atoms in total. The number of aromatic nitrogens is 1. The highest BCUT2D eigenvalue weighted by Gasteiger charge is 2.35. The zero-order valence-corrected chi connectivity index (χ0v) is 11.2. The van der Waals surface area contributed by atoms with Crippen LogP contribution < -0.4 is 5.14 Å². The van der Waals surface area contributed by atoms with Crippen molar-refractivity contribution in [2.75, 3.05) is 6.54 Å². The molecule has 2 aromatic rings. The number of nitrogens with two attached hydrogens (primary N) is 1. The number of para-hydroxylation sites is 1. The van der Waals surface area contributed by atoms with Gasteiger partial charge in [0, 0.05) is 6.54 Å². The lowest BCUT2D eigenvalue weighted by Gasteiger charge is -2.19. The van der Waals surface area contributed by atoms with E-state index < -0.39 is 10.2 Å². The van der Waals surface area contributed by atoms with E-state index in [0.717, 1.165) is 28.1 Å². The Bertz CT molecular complexity index is 647. The van der Waals surface area contributed by atoms with Crippen LogP contribution in [0.25, 0.3) is 10.2 Å². The third-order valence-corrected chi connectivity index (χ3v) is 5.35. The summed E-state index contributed by atoms with van der Waals surface area (Å²) in [6.07, 6.45) is 1.62. The van der Waals surface area contributed by atoms with Gasteiger partial charge >= 0.3 is 0 Å². The summed E-state index contributed by atoms with van der Waals surface area (Å²) in [6.45, 7) is 0.486. The normalized spacial score (nSPS) is 21.7. The standard InChI is InChI=1S/C11H13N3O2S2/c12-18(15,16)14-7-3-5-9(14)11-13-8-4-1-2-6-10(8)17-11/h1-2,4,6,9H,3,5,7H2,(H2,12,15,16). The Morgan fingerprint density at radius 1 is 1.39 bits per heavy atom. The quantitative estimate of drug-likeness (QED) is 0.910. The van der Waals surface area contributed by atoms with Gasteiger partial charge in [-0.05, 0) is 25.0 Å². The number of hydrogen-bond donors (Lipinski definition) is 1. The van der Waals surface area contributed by atoms with Crippen LogP contribution in [0.5, 0.6) is 0 Å². The molecule has 1 fully saturated rings. The molecule has 3 rings (SSSR count). The Balaban J connectivity index is 2.03. The van der Waals surface area contributed by atoms with Crippen molar-refractivity contribution in [2.24, 2.45) is 5.14 Å². The van der Waals surface area contributed by atoms with Crippen molar-refractivity contribution >= 4 is 31.8 Å². The van der Waals surface area contributed by atoms with Gasteiger partial charge in [-0.3, -0.25) is 0 Å². The van der Waals surface area contributed by atoms with Crippen LogP contribution in [-0.2, 0) is 10.2 Å². The molecule has 1 saturated heterocycles. The molecule has 1 aliphatic heterocycles. The molecule has 18 heavy (non-hydrogen) atoms. The maximum Gasteiger partial charge on any atom is 0.277 e. The Labute approximate surface area is 109 Å². The van der Waals surface area contributed by atoms with Crippen molar-refractivity contribution in [3.63, 3.8) is 0 Å². The van der Waals surface area contributed by atoms with Crippen molar-refractivity contribution < 1.29 is 8.42 Å². The van der Waals surface area contributed by atoms with E-state index in [1.165, 1.54) is 4.31 Å². The van der Waals surface area contributed by atoms with Crippen molar-refractivity contribution in [1.82, 2.24) is 9.29 Å². The molecule has 1 atom stereocenters. The van der Waals surface area contributed by atoms with E-state index in [1.54, 1.807) is 11.3 Å². The van der Waals surface area contributed by atoms with Crippen LogP contribution in [-0.4, -0.2) is 24.3 Å². The predicted octanol–water partition coefficient (Wildman–Crippen LogP) is 1.64. The molecular formula is C11H13N3O2S2. The van der Waals surface area contributed by atoms with Crippen molar-refractivity contribution in [3.8, 4) is 0 Å². The average molecular weight is 283 g/mol. The second-order valence-corrected chi connectivity index (χ2v) is 6.89. The maximum atomic E-state index is 11.5. The Kier molecular flexibility index (Phi) is 2.86. The van der Waals surface area contributed by atoms with Crippen LogP contribution in [0.1, 0.15) is 23.9 Å². The summed E-state index contributed by atoms with van der Waals surface area (Å²) in [7, 11) is -3.64. The van der Waals surface area contributed by atoms with Crippen LogP contribution >= 0.6 is 11.3 Å². The summed E-state index contributed by atoms with van der Waals surface area (Å²) in [6, 6.07) is 7.62. The fraction of sp³-hybridized carbons (Fsp3) is 0.364. The first-order chi connectivity index (χ1) is 8.55. The van der Waals surface area contributed by atoms with E-state index >= 15 is 0 Å². The molecule has 0 saturated carbocycles. The van der Waals surface area contributed by atoms with Crippen LogP contribution in [0.2, 0.25) is 0 Å². The summed E-state index contributed by atoms with van der Waals surface area (Å²) in [5.41, 5.74) is 0.916. The number of thiazole rings is 1. The minimum atomic E-state index is -3.64. The molecule has 1 aromatic heterocycles. The Hall–Kier alpha value is -1.02. The van der Waals surface area contributed by atoms with Gasteiger partial charge < -0.3 is 0 Å². The number of nitrogens with zero attached hydrogens (tertiary/aromatic N) is 2. The smallest absolute Gasteiger partial charge is 0.239 e. The van der Waals surface area contributed by atoms with E-state index in [0.29, 0.717) is 6.54 Å². The van der Waals surface area contributed by atoms with E-state index in [9.17, 15) is 8.42 Å². The minimum Gasteiger partial charge on any atom is -0.239 e. The van der Waals surface area contributed by atoms with Gasteiger partial charge in [-0.2, -0.15) is 12.7 Å². The van der Waals surface area contributed by atoms with Gasteiger partial charge in [0.15, 0.2) is 0 Å². The van der Waals surface area contributed by atoms with Gasteiger partial charge in [0.05, 0.1) is 16.3 Å². The van der Waals surface area contributed by atoms with Crippen LogP contribution in [0.3, 0.4) is 0 Å². The zero-order valence-electron chi connectivity index (χ0n) is 9.61. The van der Waals surface area contributed by atoms with Gasteiger partial charge in [0.2, 0.25) is 0 Å². The zero-order chi connectivity index (χ0) is 12.8. The molecule has 1 unspecified atom stereocenters. The first-order valence-corrected chi connectivity index (χ1v) is 8.03. The monoisotopic (exact) mass is 283 g/mol. The third-order valence-electron chi connectivity index (χ3n) is 3.13. The lowest BCUT2D eigenvalue weighted by Crippen LogP contribution is -2.36. The van der Waals surface area contributed by atoms with E-state index in [2.05, 4.69) is 4.98 Å². The van der Waals surface area contributed by atoms with Gasteiger partial charge in [-0.1, -0.05) is 12.1 Å². The highest BCUT2D eigenvalue weighted by molar-refractivity contribution is 7.86. The second-order valence-electron chi connectivity index (χ2n) is 4.33. The first-order valence-electron chi connectivity index (χ1n) is 5.71. The number of fused-ring (bicyclic) bond motifs is 1. The molecule has 0 radical (unpaired) electrons. The molecular weight excluding hydrogens is 270 g/mol. The summed E-state index contributed by atoms with van der Waals surface area (Å²) >= 11 is 1.54. The molecule has 0 aliphatic carbocycles. The van der Waals surface area contributed by atoms with Crippen molar-refractivity contribution in [1.29, 1.82) is 0 Å². The molecule has 0 spiro atoms. The van der Waals surface area contributed by atoms with Gasteiger partial charge in [0.25, 0.3) is 10.2 Å². The minimum absolute atomic E-state index is 0.197. The van der Waals surface area contributed by atoms with E-state index in [4.69, 9.17) is 5.14 Å². The van der Waals surface area contributed by atoms with Gasteiger partial charge in [-0.15, -0.1) is 11.3 Å². The lowest BCUT2D eigenvalue weighted by atomic mass is 10.2.